The molecule has 3 amide bonds. The number of ether oxygens (including phenoxy) is 1. The summed E-state index contributed by atoms with van der Waals surface area (Å²) in [5.74, 6) is 0.593. The Bertz CT molecular complexity index is 841. The van der Waals surface area contributed by atoms with Gasteiger partial charge in [0.2, 0.25) is 11.8 Å². The van der Waals surface area contributed by atoms with Gasteiger partial charge in [-0.2, -0.15) is 0 Å². The van der Waals surface area contributed by atoms with E-state index in [9.17, 15) is 14.4 Å². The van der Waals surface area contributed by atoms with Crippen LogP contribution >= 0.6 is 11.3 Å². The van der Waals surface area contributed by atoms with Crippen molar-refractivity contribution >= 4 is 34.1 Å². The average molecular weight is 404 g/mol. The molecule has 7 nitrogen and oxygen atoms in total. The minimum atomic E-state index is -0.0666. The van der Waals surface area contributed by atoms with Crippen molar-refractivity contribution in [2.45, 2.75) is 32.2 Å². The summed E-state index contributed by atoms with van der Waals surface area (Å²) >= 11 is 1.53. The Labute approximate surface area is 168 Å². The smallest absolute Gasteiger partial charge is 0.257 e. The number of hydrogen-bond acceptors (Lipinski definition) is 5. The van der Waals surface area contributed by atoms with Gasteiger partial charge in [0.1, 0.15) is 11.5 Å². The molecule has 1 saturated heterocycles. The average Bonchev–Trinajstić information content (AvgIpc) is 3.22. The van der Waals surface area contributed by atoms with Crippen LogP contribution in [0.1, 0.15) is 40.1 Å². The summed E-state index contributed by atoms with van der Waals surface area (Å²) in [7, 11) is 1.70. The number of carbonyl (C=O) groups excluding carboxylic acids is 3. The minimum Gasteiger partial charge on any atom is -0.381 e. The van der Waals surface area contributed by atoms with E-state index in [-0.39, 0.29) is 30.2 Å². The van der Waals surface area contributed by atoms with Gasteiger partial charge < -0.3 is 19.4 Å². The second kappa shape index (κ2) is 6.84. The van der Waals surface area contributed by atoms with Gasteiger partial charge in [0.05, 0.1) is 24.6 Å². The largest absolute Gasteiger partial charge is 0.381 e. The van der Waals surface area contributed by atoms with Crippen LogP contribution in [0, 0.1) is 11.8 Å². The van der Waals surface area contributed by atoms with E-state index in [2.05, 4.69) is 0 Å². The van der Waals surface area contributed by atoms with Gasteiger partial charge >= 0.3 is 0 Å². The highest BCUT2D eigenvalue weighted by atomic mass is 32.1. The summed E-state index contributed by atoms with van der Waals surface area (Å²) in [6.07, 6.45) is 3.76. The number of nitrogens with zero attached hydrogens (tertiary/aromatic N) is 3. The van der Waals surface area contributed by atoms with Crippen LogP contribution in [0.4, 0.5) is 5.00 Å². The highest BCUT2D eigenvalue weighted by Crippen LogP contribution is 2.43. The van der Waals surface area contributed by atoms with E-state index in [4.69, 9.17) is 4.74 Å². The van der Waals surface area contributed by atoms with E-state index in [1.165, 1.54) is 16.2 Å². The number of carbonyl (C=O) groups is 3. The molecule has 0 radical (unpaired) electrons. The summed E-state index contributed by atoms with van der Waals surface area (Å²) in [6, 6.07) is 0. The molecule has 1 aliphatic carbocycles. The number of amides is 3. The van der Waals surface area contributed by atoms with E-state index in [0.717, 1.165) is 34.7 Å². The van der Waals surface area contributed by atoms with Crippen LogP contribution in [0.15, 0.2) is 0 Å². The van der Waals surface area contributed by atoms with Crippen LogP contribution in [-0.4, -0.2) is 67.4 Å². The van der Waals surface area contributed by atoms with Crippen LogP contribution in [0.3, 0.4) is 0 Å². The fourth-order valence-electron chi connectivity index (χ4n) is 4.38. The van der Waals surface area contributed by atoms with E-state index in [1.807, 2.05) is 9.80 Å². The summed E-state index contributed by atoms with van der Waals surface area (Å²) in [5.41, 5.74) is 1.74. The summed E-state index contributed by atoms with van der Waals surface area (Å²) < 4.78 is 5.37. The number of likely N-dealkylation sites (N-methyl/N-ethyl adjacent to an activating group) is 1. The first-order valence-electron chi connectivity index (χ1n) is 10.1. The Hall–Kier alpha value is -1.93. The Kier molecular flexibility index (Phi) is 4.43. The maximum atomic E-state index is 13.0. The lowest BCUT2D eigenvalue weighted by atomic mass is 10.00. The lowest BCUT2D eigenvalue weighted by molar-refractivity contribution is -0.136. The second-order valence-corrected chi connectivity index (χ2v) is 9.45. The van der Waals surface area contributed by atoms with Crippen molar-refractivity contribution in [1.82, 2.24) is 9.80 Å². The molecule has 4 aliphatic rings. The normalized spacial score (nSPS) is 25.0. The van der Waals surface area contributed by atoms with Crippen LogP contribution < -0.4 is 4.90 Å². The van der Waals surface area contributed by atoms with Crippen molar-refractivity contribution in [2.24, 2.45) is 11.8 Å². The minimum absolute atomic E-state index is 0.00358. The van der Waals surface area contributed by atoms with Gasteiger partial charge in [-0.25, -0.2) is 0 Å². The number of thiophene rings is 1. The maximum Gasteiger partial charge on any atom is 0.257 e. The van der Waals surface area contributed by atoms with Gasteiger partial charge in [-0.15, -0.1) is 11.3 Å². The molecule has 1 unspecified atom stereocenters. The van der Waals surface area contributed by atoms with Crippen molar-refractivity contribution in [2.75, 3.05) is 44.8 Å². The molecule has 1 saturated carbocycles. The molecule has 4 heterocycles. The van der Waals surface area contributed by atoms with Gasteiger partial charge in [0, 0.05) is 31.6 Å². The Balaban J connectivity index is 1.47. The number of fused-ring (bicyclic) bond motifs is 3. The third-order valence-corrected chi connectivity index (χ3v) is 7.49. The third-order valence-electron chi connectivity index (χ3n) is 6.25. The van der Waals surface area contributed by atoms with E-state index >= 15 is 0 Å². The zero-order valence-corrected chi connectivity index (χ0v) is 16.9. The molecule has 150 valence electrons. The molecule has 0 spiro atoms. The monoisotopic (exact) mass is 403 g/mol. The van der Waals surface area contributed by atoms with Crippen LogP contribution in [0.25, 0.3) is 0 Å². The van der Waals surface area contributed by atoms with Gasteiger partial charge in [0.15, 0.2) is 0 Å². The molecule has 3 aliphatic heterocycles. The van der Waals surface area contributed by atoms with Crippen molar-refractivity contribution in [3.05, 3.63) is 16.0 Å². The van der Waals surface area contributed by atoms with E-state index in [0.29, 0.717) is 50.8 Å². The Morgan fingerprint density at radius 3 is 2.75 bits per heavy atom. The third kappa shape index (κ3) is 3.03. The molecule has 0 N–H and O–H groups in total. The molecule has 2 fully saturated rings. The first-order chi connectivity index (χ1) is 13.5. The number of anilines is 1. The van der Waals surface area contributed by atoms with Crippen LogP contribution in [0.2, 0.25) is 0 Å². The summed E-state index contributed by atoms with van der Waals surface area (Å²) in [4.78, 5) is 45.0. The predicted molar refractivity (Wildman–Crippen MR) is 104 cm³/mol. The molecule has 1 aromatic heterocycles. The summed E-state index contributed by atoms with van der Waals surface area (Å²) in [5, 5.41) is 0.801. The lowest BCUT2D eigenvalue weighted by Crippen LogP contribution is -2.40. The first-order valence-corrected chi connectivity index (χ1v) is 10.9. The van der Waals surface area contributed by atoms with E-state index < -0.39 is 0 Å². The molecular weight excluding hydrogens is 378 g/mol. The molecule has 28 heavy (non-hydrogen) atoms. The van der Waals surface area contributed by atoms with Crippen molar-refractivity contribution in [3.63, 3.8) is 0 Å². The first kappa shape index (κ1) is 18.1. The molecule has 0 bridgehead atoms. The topological polar surface area (TPSA) is 70.2 Å². The molecule has 5 rings (SSSR count). The van der Waals surface area contributed by atoms with Gasteiger partial charge in [-0.1, -0.05) is 0 Å². The van der Waals surface area contributed by atoms with Crippen LogP contribution in [0.5, 0.6) is 0 Å². The van der Waals surface area contributed by atoms with E-state index in [1.54, 1.807) is 7.05 Å². The van der Waals surface area contributed by atoms with Gasteiger partial charge in [-0.05, 0) is 37.2 Å². The molecule has 1 aromatic rings. The number of rotatable bonds is 3. The molecule has 8 heteroatoms. The highest BCUT2D eigenvalue weighted by Gasteiger charge is 2.40. The Morgan fingerprint density at radius 1 is 1.21 bits per heavy atom. The van der Waals surface area contributed by atoms with Gasteiger partial charge in [-0.3, -0.25) is 14.4 Å². The second-order valence-electron chi connectivity index (χ2n) is 8.36. The fraction of sp³-hybridized carbons (Fsp3) is 0.650. The number of hydrogen-bond donors (Lipinski definition) is 0. The standard InChI is InChI=1S/C20H25N3O4S/c1-21-10-16(24)23(8-12-2-3-12)20-17(19(21)26)14-4-6-22(9-15(14)28-20)18(25)13-5-7-27-11-13/h12-13H,2-11H2,1H3. The quantitative estimate of drug-likeness (QED) is 0.767. The maximum absolute atomic E-state index is 13.0. The van der Waals surface area contributed by atoms with Crippen molar-refractivity contribution < 1.29 is 19.1 Å². The summed E-state index contributed by atoms with van der Waals surface area (Å²) in [6.45, 7) is 3.16. The zero-order valence-electron chi connectivity index (χ0n) is 16.1. The fourth-order valence-corrected chi connectivity index (χ4v) is 5.76. The zero-order chi connectivity index (χ0) is 19.4. The van der Waals surface area contributed by atoms with Crippen molar-refractivity contribution in [1.29, 1.82) is 0 Å². The Morgan fingerprint density at radius 2 is 2.04 bits per heavy atom. The highest BCUT2D eigenvalue weighted by molar-refractivity contribution is 7.17. The lowest BCUT2D eigenvalue weighted by Gasteiger charge is -2.29. The molecular formula is C20H25N3O4S. The molecule has 0 aromatic carbocycles. The molecule has 1 atom stereocenters. The van der Waals surface area contributed by atoms with Gasteiger partial charge in [0.25, 0.3) is 5.91 Å². The van der Waals surface area contributed by atoms with Crippen molar-refractivity contribution in [3.8, 4) is 0 Å². The SMILES string of the molecule is CN1CC(=O)N(CC2CC2)c2sc3c(c2C1=O)CCN(C(=O)C1CCOC1)C3. The van der Waals surface area contributed by atoms with Crippen LogP contribution in [-0.2, 0) is 27.3 Å². The predicted octanol–water partition coefficient (Wildman–Crippen LogP) is 1.50.